The van der Waals surface area contributed by atoms with E-state index in [0.717, 1.165) is 35.4 Å². The monoisotopic (exact) mass is 428 g/mol. The van der Waals surface area contributed by atoms with Gasteiger partial charge in [0.2, 0.25) is 5.88 Å². The standard InChI is InChI=1S/C22H22F2N4O3/c1-30-10-11-31-22-14(4-3-9-25-22)13-26-21(29)20-16-5-2-6-19(16)28(27-20)15-7-8-17(23)18(24)12-15/h3-4,7-9,12H,2,5-6,10-11,13H2,1H3,(H,26,29). The molecule has 1 N–H and O–H groups in total. The molecule has 2 aromatic heterocycles. The number of nitrogens with zero attached hydrogens (tertiary/aromatic N) is 3. The molecule has 0 radical (unpaired) electrons. The van der Waals surface area contributed by atoms with Crippen molar-refractivity contribution in [1.29, 1.82) is 0 Å². The van der Waals surface area contributed by atoms with Gasteiger partial charge in [0.15, 0.2) is 17.3 Å². The zero-order valence-corrected chi connectivity index (χ0v) is 17.0. The molecule has 4 rings (SSSR count). The third kappa shape index (κ3) is 4.41. The predicted molar refractivity (Wildman–Crippen MR) is 108 cm³/mol. The summed E-state index contributed by atoms with van der Waals surface area (Å²) in [5.41, 5.74) is 3.09. The first-order chi connectivity index (χ1) is 15.1. The van der Waals surface area contributed by atoms with E-state index in [1.165, 1.54) is 10.7 Å². The Morgan fingerprint density at radius 2 is 2.06 bits per heavy atom. The molecule has 1 aromatic carbocycles. The molecule has 2 heterocycles. The highest BCUT2D eigenvalue weighted by atomic mass is 19.2. The molecular formula is C22H22F2N4O3. The van der Waals surface area contributed by atoms with Crippen molar-refractivity contribution in [1.82, 2.24) is 20.1 Å². The lowest BCUT2D eigenvalue weighted by atomic mass is 10.2. The highest BCUT2D eigenvalue weighted by molar-refractivity contribution is 5.94. The lowest BCUT2D eigenvalue weighted by molar-refractivity contribution is 0.0943. The van der Waals surface area contributed by atoms with E-state index >= 15 is 0 Å². The number of amides is 1. The van der Waals surface area contributed by atoms with Crippen molar-refractivity contribution in [2.75, 3.05) is 20.3 Å². The molecule has 1 aliphatic rings. The van der Waals surface area contributed by atoms with Gasteiger partial charge in [0.1, 0.15) is 6.61 Å². The van der Waals surface area contributed by atoms with Crippen LogP contribution in [0.1, 0.15) is 33.7 Å². The van der Waals surface area contributed by atoms with Crippen LogP contribution >= 0.6 is 0 Å². The minimum atomic E-state index is -0.955. The largest absolute Gasteiger partial charge is 0.475 e. The van der Waals surface area contributed by atoms with Crippen LogP contribution in [0.15, 0.2) is 36.5 Å². The van der Waals surface area contributed by atoms with Gasteiger partial charge in [-0.15, -0.1) is 0 Å². The first-order valence-electron chi connectivity index (χ1n) is 9.98. The number of nitrogens with one attached hydrogen (secondary N) is 1. The minimum Gasteiger partial charge on any atom is -0.475 e. The summed E-state index contributed by atoms with van der Waals surface area (Å²) in [6.45, 7) is 0.984. The highest BCUT2D eigenvalue weighted by Crippen LogP contribution is 2.28. The molecule has 7 nitrogen and oxygen atoms in total. The van der Waals surface area contributed by atoms with Gasteiger partial charge in [-0.1, -0.05) is 6.07 Å². The number of halogens is 2. The molecule has 0 bridgehead atoms. The van der Waals surface area contributed by atoms with Gasteiger partial charge >= 0.3 is 0 Å². The smallest absolute Gasteiger partial charge is 0.272 e. The van der Waals surface area contributed by atoms with E-state index in [0.29, 0.717) is 43.3 Å². The third-order valence-electron chi connectivity index (χ3n) is 5.11. The molecule has 0 saturated carbocycles. The predicted octanol–water partition coefficient (Wildman–Crippen LogP) is 2.99. The number of carbonyl (C=O) groups excluding carboxylic acids is 1. The summed E-state index contributed by atoms with van der Waals surface area (Å²) in [5, 5.41) is 7.28. The Bertz CT molecular complexity index is 1100. The third-order valence-corrected chi connectivity index (χ3v) is 5.11. The van der Waals surface area contributed by atoms with Gasteiger partial charge in [0.05, 0.1) is 12.3 Å². The van der Waals surface area contributed by atoms with Crippen LogP contribution in [0.25, 0.3) is 5.69 Å². The molecule has 0 spiro atoms. The quantitative estimate of drug-likeness (QED) is 0.558. The molecule has 3 aromatic rings. The summed E-state index contributed by atoms with van der Waals surface area (Å²) in [4.78, 5) is 17.1. The highest BCUT2D eigenvalue weighted by Gasteiger charge is 2.27. The fourth-order valence-corrected chi connectivity index (χ4v) is 3.62. The van der Waals surface area contributed by atoms with Crippen molar-refractivity contribution >= 4 is 5.91 Å². The summed E-state index contributed by atoms with van der Waals surface area (Å²) in [7, 11) is 1.58. The van der Waals surface area contributed by atoms with Crippen molar-refractivity contribution in [2.45, 2.75) is 25.8 Å². The number of methoxy groups -OCH3 is 1. The number of ether oxygens (including phenoxy) is 2. The van der Waals surface area contributed by atoms with E-state index in [2.05, 4.69) is 15.4 Å². The second-order valence-electron chi connectivity index (χ2n) is 7.13. The summed E-state index contributed by atoms with van der Waals surface area (Å²) < 4.78 is 39.1. The van der Waals surface area contributed by atoms with Gasteiger partial charge in [0.25, 0.3) is 5.91 Å². The van der Waals surface area contributed by atoms with Crippen molar-refractivity contribution < 1.29 is 23.0 Å². The van der Waals surface area contributed by atoms with E-state index in [1.807, 2.05) is 6.07 Å². The van der Waals surface area contributed by atoms with Gasteiger partial charge in [-0.3, -0.25) is 4.79 Å². The molecule has 0 aliphatic heterocycles. The number of aromatic nitrogens is 3. The molecule has 1 amide bonds. The number of hydrogen-bond acceptors (Lipinski definition) is 5. The zero-order valence-electron chi connectivity index (χ0n) is 17.0. The number of benzene rings is 1. The summed E-state index contributed by atoms with van der Waals surface area (Å²) in [6, 6.07) is 7.17. The van der Waals surface area contributed by atoms with E-state index in [1.54, 1.807) is 19.4 Å². The molecule has 162 valence electrons. The molecule has 0 saturated heterocycles. The Hall–Kier alpha value is -3.33. The lowest BCUT2D eigenvalue weighted by Gasteiger charge is -2.10. The maximum absolute atomic E-state index is 13.7. The van der Waals surface area contributed by atoms with Crippen LogP contribution in [-0.4, -0.2) is 41.0 Å². The fraction of sp³-hybridized carbons (Fsp3) is 0.318. The van der Waals surface area contributed by atoms with Gasteiger partial charge in [-0.05, 0) is 37.5 Å². The van der Waals surface area contributed by atoms with Crippen molar-refractivity contribution in [2.24, 2.45) is 0 Å². The topological polar surface area (TPSA) is 78.3 Å². The second-order valence-corrected chi connectivity index (χ2v) is 7.13. The van der Waals surface area contributed by atoms with Gasteiger partial charge in [0, 0.05) is 42.7 Å². The van der Waals surface area contributed by atoms with Gasteiger partial charge in [-0.25, -0.2) is 18.4 Å². The number of pyridine rings is 1. The fourth-order valence-electron chi connectivity index (χ4n) is 3.62. The minimum absolute atomic E-state index is 0.210. The zero-order chi connectivity index (χ0) is 21.8. The average Bonchev–Trinajstić information content (AvgIpc) is 3.38. The Morgan fingerprint density at radius 1 is 1.19 bits per heavy atom. The maximum atomic E-state index is 13.7. The SMILES string of the molecule is COCCOc1ncccc1CNC(=O)c1nn(-c2ccc(F)c(F)c2)c2c1CCC2. The van der Waals surface area contributed by atoms with Crippen molar-refractivity contribution in [3.8, 4) is 11.6 Å². The molecule has 9 heteroatoms. The number of rotatable bonds is 8. The van der Waals surface area contributed by atoms with Gasteiger partial charge < -0.3 is 14.8 Å². The summed E-state index contributed by atoms with van der Waals surface area (Å²) in [5.74, 6) is -1.79. The summed E-state index contributed by atoms with van der Waals surface area (Å²) >= 11 is 0. The van der Waals surface area contributed by atoms with Crippen LogP contribution in [0.5, 0.6) is 5.88 Å². The van der Waals surface area contributed by atoms with E-state index in [9.17, 15) is 13.6 Å². The Labute approximate surface area is 178 Å². The van der Waals surface area contributed by atoms with Crippen LogP contribution in [0.3, 0.4) is 0 Å². The Balaban J connectivity index is 1.53. The van der Waals surface area contributed by atoms with Crippen LogP contribution in [0.2, 0.25) is 0 Å². The molecule has 0 unspecified atom stereocenters. The maximum Gasteiger partial charge on any atom is 0.272 e. The lowest BCUT2D eigenvalue weighted by Crippen LogP contribution is -2.25. The van der Waals surface area contributed by atoms with E-state index in [-0.39, 0.29) is 12.5 Å². The second kappa shape index (κ2) is 9.22. The normalized spacial score (nSPS) is 12.6. The van der Waals surface area contributed by atoms with Crippen LogP contribution in [0.4, 0.5) is 8.78 Å². The van der Waals surface area contributed by atoms with Crippen LogP contribution in [-0.2, 0) is 24.1 Å². The Kier molecular flexibility index (Phi) is 6.22. The molecule has 1 aliphatic carbocycles. The van der Waals surface area contributed by atoms with E-state index in [4.69, 9.17) is 9.47 Å². The Morgan fingerprint density at radius 3 is 2.87 bits per heavy atom. The summed E-state index contributed by atoms with van der Waals surface area (Å²) in [6.07, 6.45) is 3.91. The first-order valence-corrected chi connectivity index (χ1v) is 9.98. The van der Waals surface area contributed by atoms with Crippen LogP contribution in [0, 0.1) is 11.6 Å². The van der Waals surface area contributed by atoms with Crippen molar-refractivity contribution in [3.63, 3.8) is 0 Å². The molecular weight excluding hydrogens is 406 g/mol. The number of hydrogen-bond donors (Lipinski definition) is 1. The number of carbonyl (C=O) groups is 1. The van der Waals surface area contributed by atoms with E-state index < -0.39 is 11.6 Å². The molecule has 31 heavy (non-hydrogen) atoms. The van der Waals surface area contributed by atoms with Crippen molar-refractivity contribution in [3.05, 3.63) is 70.7 Å². The molecule has 0 fully saturated rings. The van der Waals surface area contributed by atoms with Gasteiger partial charge in [-0.2, -0.15) is 5.10 Å². The first kappa shape index (κ1) is 20.9. The number of fused-ring (bicyclic) bond motifs is 1. The molecule has 0 atom stereocenters. The van der Waals surface area contributed by atoms with Crippen LogP contribution < -0.4 is 10.1 Å². The average molecular weight is 428 g/mol.